The highest BCUT2D eigenvalue weighted by Gasteiger charge is 2.21. The van der Waals surface area contributed by atoms with Crippen molar-refractivity contribution in [2.45, 2.75) is 33.1 Å². The summed E-state index contributed by atoms with van der Waals surface area (Å²) in [4.78, 5) is 16.4. The van der Waals surface area contributed by atoms with Crippen molar-refractivity contribution in [3.8, 4) is 11.1 Å². The molecule has 1 heterocycles. The van der Waals surface area contributed by atoms with Crippen molar-refractivity contribution >= 4 is 11.7 Å². The first kappa shape index (κ1) is 24.9. The quantitative estimate of drug-likeness (QED) is 0.129. The van der Waals surface area contributed by atoms with Crippen molar-refractivity contribution in [1.82, 2.24) is 4.98 Å². The fraction of sp³-hybridized carbons (Fsp3) is 0.194. The van der Waals surface area contributed by atoms with E-state index < -0.39 is 0 Å². The van der Waals surface area contributed by atoms with Crippen LogP contribution < -0.4 is 0 Å². The van der Waals surface area contributed by atoms with E-state index in [4.69, 9.17) is 4.74 Å². The molecule has 0 spiro atoms. The molecule has 0 saturated carbocycles. The number of pyridine rings is 1. The number of carbonyl (C=O) groups excluding carboxylic acids is 1. The number of esters is 1. The second kappa shape index (κ2) is 11.5. The number of aromatic nitrogens is 1. The Labute approximate surface area is 212 Å². The van der Waals surface area contributed by atoms with Gasteiger partial charge in [-0.15, -0.1) is 0 Å². The van der Waals surface area contributed by atoms with Crippen LogP contribution in [0.4, 0.5) is 0 Å². The molecule has 1 unspecified atom stereocenters. The van der Waals surface area contributed by atoms with Crippen LogP contribution in [0.3, 0.4) is 0 Å². The third-order valence-corrected chi connectivity index (χ3v) is 6.33. The maximum absolute atomic E-state index is 12.2. The van der Waals surface area contributed by atoms with Gasteiger partial charge in [-0.05, 0) is 72.9 Å². The minimum Gasteiger partial charge on any atom is -0.462 e. The molecule has 0 saturated heterocycles. The standard InChI is InChI=1S/C31H30N2O3/c1-4-36-31(34)27-10-7-9-25(19-27)23-12-14-24(15-13-23)29(28-11-6-5-8-21(28)2)20-30(33-35)26-16-17-32-22(3)18-26/h5-19,29,35H,4,20H2,1-3H3/b33-30+. The minimum absolute atomic E-state index is 0.00881. The summed E-state index contributed by atoms with van der Waals surface area (Å²) >= 11 is 0. The van der Waals surface area contributed by atoms with Gasteiger partial charge in [0.2, 0.25) is 0 Å². The summed E-state index contributed by atoms with van der Waals surface area (Å²) in [6.07, 6.45) is 2.26. The maximum Gasteiger partial charge on any atom is 0.338 e. The summed E-state index contributed by atoms with van der Waals surface area (Å²) in [5.41, 5.74) is 8.30. The number of benzene rings is 3. The zero-order chi connectivity index (χ0) is 25.5. The second-order valence-electron chi connectivity index (χ2n) is 8.77. The van der Waals surface area contributed by atoms with Gasteiger partial charge >= 0.3 is 5.97 Å². The molecular formula is C31H30N2O3. The molecule has 36 heavy (non-hydrogen) atoms. The van der Waals surface area contributed by atoms with Crippen LogP contribution in [-0.2, 0) is 4.74 Å². The zero-order valence-corrected chi connectivity index (χ0v) is 20.8. The van der Waals surface area contributed by atoms with Gasteiger partial charge < -0.3 is 9.94 Å². The highest BCUT2D eigenvalue weighted by molar-refractivity contribution is 6.01. The van der Waals surface area contributed by atoms with Gasteiger partial charge in [-0.3, -0.25) is 4.98 Å². The number of ether oxygens (including phenoxy) is 1. The predicted octanol–water partition coefficient (Wildman–Crippen LogP) is 6.94. The van der Waals surface area contributed by atoms with Gasteiger partial charge in [-0.1, -0.05) is 65.8 Å². The van der Waals surface area contributed by atoms with Gasteiger partial charge in [-0.2, -0.15) is 0 Å². The van der Waals surface area contributed by atoms with Crippen molar-refractivity contribution in [2.24, 2.45) is 5.16 Å². The molecule has 0 aliphatic heterocycles. The number of nitrogens with zero attached hydrogens (tertiary/aromatic N) is 2. The molecule has 0 radical (unpaired) electrons. The van der Waals surface area contributed by atoms with Crippen LogP contribution in [0.25, 0.3) is 11.1 Å². The second-order valence-corrected chi connectivity index (χ2v) is 8.77. The summed E-state index contributed by atoms with van der Waals surface area (Å²) in [6.45, 7) is 6.17. The predicted molar refractivity (Wildman–Crippen MR) is 143 cm³/mol. The Hall–Kier alpha value is -4.25. The lowest BCUT2D eigenvalue weighted by atomic mass is 9.83. The first-order valence-electron chi connectivity index (χ1n) is 12.1. The molecular weight excluding hydrogens is 448 g/mol. The Morgan fingerprint density at radius 3 is 2.39 bits per heavy atom. The molecule has 0 fully saturated rings. The van der Waals surface area contributed by atoms with E-state index in [0.717, 1.165) is 27.9 Å². The van der Waals surface area contributed by atoms with Gasteiger partial charge in [-0.25, -0.2) is 4.79 Å². The molecule has 0 bridgehead atoms. The highest BCUT2D eigenvalue weighted by atomic mass is 16.5. The van der Waals surface area contributed by atoms with Crippen LogP contribution >= 0.6 is 0 Å². The average molecular weight is 479 g/mol. The monoisotopic (exact) mass is 478 g/mol. The molecule has 0 amide bonds. The van der Waals surface area contributed by atoms with Crippen LogP contribution in [0.2, 0.25) is 0 Å². The Morgan fingerprint density at radius 1 is 0.917 bits per heavy atom. The number of hydrogen-bond acceptors (Lipinski definition) is 5. The normalized spacial score (nSPS) is 12.2. The van der Waals surface area contributed by atoms with E-state index in [1.165, 1.54) is 11.1 Å². The molecule has 4 aromatic rings. The molecule has 0 aliphatic rings. The lowest BCUT2D eigenvalue weighted by Gasteiger charge is -2.21. The third kappa shape index (κ3) is 5.69. The molecule has 0 aliphatic carbocycles. The van der Waals surface area contributed by atoms with E-state index in [1.54, 1.807) is 19.2 Å². The van der Waals surface area contributed by atoms with Crippen molar-refractivity contribution in [1.29, 1.82) is 0 Å². The van der Waals surface area contributed by atoms with Gasteiger partial charge in [0, 0.05) is 29.8 Å². The van der Waals surface area contributed by atoms with Crippen molar-refractivity contribution in [2.75, 3.05) is 6.61 Å². The molecule has 5 heteroatoms. The van der Waals surface area contributed by atoms with Crippen LogP contribution in [0, 0.1) is 13.8 Å². The van der Waals surface area contributed by atoms with Crippen molar-refractivity contribution in [3.63, 3.8) is 0 Å². The first-order chi connectivity index (χ1) is 17.5. The highest BCUT2D eigenvalue weighted by Crippen LogP contribution is 2.33. The van der Waals surface area contributed by atoms with E-state index in [1.807, 2.05) is 49.4 Å². The largest absolute Gasteiger partial charge is 0.462 e. The lowest BCUT2D eigenvalue weighted by Crippen LogP contribution is -2.12. The van der Waals surface area contributed by atoms with E-state index in [0.29, 0.717) is 24.3 Å². The topological polar surface area (TPSA) is 71.8 Å². The summed E-state index contributed by atoms with van der Waals surface area (Å²) < 4.78 is 5.15. The maximum atomic E-state index is 12.2. The SMILES string of the molecule is CCOC(=O)c1cccc(-c2ccc(C(C/C(=N\O)c3ccnc(C)c3)c3ccccc3C)cc2)c1. The Kier molecular flexibility index (Phi) is 7.91. The molecule has 182 valence electrons. The summed E-state index contributed by atoms with van der Waals surface area (Å²) in [7, 11) is 0. The number of hydrogen-bond donors (Lipinski definition) is 1. The summed E-state index contributed by atoms with van der Waals surface area (Å²) in [5.74, 6) is -0.330. The molecule has 3 aromatic carbocycles. The van der Waals surface area contributed by atoms with Crippen LogP contribution in [0.15, 0.2) is 96.3 Å². The Balaban J connectivity index is 1.69. The Bertz CT molecular complexity index is 1380. The van der Waals surface area contributed by atoms with Gasteiger partial charge in [0.1, 0.15) is 0 Å². The van der Waals surface area contributed by atoms with E-state index >= 15 is 0 Å². The van der Waals surface area contributed by atoms with Crippen molar-refractivity contribution in [3.05, 3.63) is 125 Å². The third-order valence-electron chi connectivity index (χ3n) is 6.33. The van der Waals surface area contributed by atoms with Crippen LogP contribution in [0.1, 0.15) is 57.6 Å². The van der Waals surface area contributed by atoms with Gasteiger partial charge in [0.25, 0.3) is 0 Å². The summed E-state index contributed by atoms with van der Waals surface area (Å²) in [6, 6.07) is 27.9. The fourth-order valence-corrected chi connectivity index (χ4v) is 4.47. The summed E-state index contributed by atoms with van der Waals surface area (Å²) in [5, 5.41) is 13.6. The Morgan fingerprint density at radius 2 is 1.69 bits per heavy atom. The van der Waals surface area contributed by atoms with Gasteiger partial charge in [0.15, 0.2) is 0 Å². The van der Waals surface area contributed by atoms with Crippen LogP contribution in [-0.4, -0.2) is 28.5 Å². The van der Waals surface area contributed by atoms with E-state index in [2.05, 4.69) is 53.5 Å². The first-order valence-corrected chi connectivity index (χ1v) is 12.1. The fourth-order valence-electron chi connectivity index (χ4n) is 4.47. The number of aryl methyl sites for hydroxylation is 2. The molecule has 1 N–H and O–H groups in total. The van der Waals surface area contributed by atoms with E-state index in [9.17, 15) is 10.0 Å². The molecule has 4 rings (SSSR count). The molecule has 1 aromatic heterocycles. The van der Waals surface area contributed by atoms with Crippen molar-refractivity contribution < 1.29 is 14.7 Å². The minimum atomic E-state index is -0.322. The number of carbonyl (C=O) groups is 1. The van der Waals surface area contributed by atoms with Crippen LogP contribution in [0.5, 0.6) is 0 Å². The molecule has 1 atom stereocenters. The number of oxime groups is 1. The average Bonchev–Trinajstić information content (AvgIpc) is 2.90. The zero-order valence-electron chi connectivity index (χ0n) is 20.8. The lowest BCUT2D eigenvalue weighted by molar-refractivity contribution is 0.0526. The molecule has 5 nitrogen and oxygen atoms in total. The van der Waals surface area contributed by atoms with E-state index in [-0.39, 0.29) is 11.9 Å². The number of rotatable bonds is 8. The van der Waals surface area contributed by atoms with Gasteiger partial charge in [0.05, 0.1) is 17.9 Å². The smallest absolute Gasteiger partial charge is 0.338 e.